The molecule has 102 valence electrons. The normalized spacial score (nSPS) is 10.4. The van der Waals surface area contributed by atoms with Crippen molar-refractivity contribution in [1.82, 2.24) is 5.43 Å². The number of nitrogens with one attached hydrogen (secondary N) is 2. The molecule has 0 aliphatic heterocycles. The molecule has 0 saturated heterocycles. The highest BCUT2D eigenvalue weighted by Gasteiger charge is 2.12. The maximum atomic E-state index is 12.7. The predicted molar refractivity (Wildman–Crippen MR) is 75.1 cm³/mol. The lowest BCUT2D eigenvalue weighted by molar-refractivity contribution is -0.136. The van der Waals surface area contributed by atoms with Crippen molar-refractivity contribution in [2.45, 2.75) is 0 Å². The number of amides is 2. The number of hydrazone groups is 1. The number of benzene rings is 1. The lowest BCUT2D eigenvalue weighted by atomic mass is 10.3. The summed E-state index contributed by atoms with van der Waals surface area (Å²) in [7, 11) is 0. The van der Waals surface area contributed by atoms with Gasteiger partial charge in [-0.05, 0) is 35.7 Å². The van der Waals surface area contributed by atoms with E-state index in [2.05, 4.69) is 15.8 Å². The Balaban J connectivity index is 1.86. The second-order valence-electron chi connectivity index (χ2n) is 3.68. The van der Waals surface area contributed by atoms with Crippen molar-refractivity contribution in [3.8, 4) is 0 Å². The number of hydrogen-bond acceptors (Lipinski definition) is 4. The third-order valence-electron chi connectivity index (χ3n) is 2.21. The second kappa shape index (κ2) is 6.58. The highest BCUT2D eigenvalue weighted by atomic mass is 32.1. The van der Waals surface area contributed by atoms with E-state index in [1.54, 1.807) is 0 Å². The largest absolute Gasteiger partial charge is 0.329 e. The summed E-state index contributed by atoms with van der Waals surface area (Å²) in [6, 6.07) is 8.74. The van der Waals surface area contributed by atoms with Gasteiger partial charge in [0.05, 0.1) is 6.21 Å². The van der Waals surface area contributed by atoms with E-state index in [1.165, 1.54) is 41.8 Å². The van der Waals surface area contributed by atoms with Gasteiger partial charge in [-0.1, -0.05) is 6.07 Å². The fourth-order valence-electron chi connectivity index (χ4n) is 1.29. The predicted octanol–water partition coefficient (Wildman–Crippen LogP) is 1.98. The summed E-state index contributed by atoms with van der Waals surface area (Å²) < 4.78 is 12.7. The van der Waals surface area contributed by atoms with E-state index >= 15 is 0 Å². The molecular formula is C13H10FN3O2S. The number of carbonyl (C=O) groups is 2. The summed E-state index contributed by atoms with van der Waals surface area (Å²) in [5.41, 5.74) is 2.43. The van der Waals surface area contributed by atoms with Crippen LogP contribution in [0.1, 0.15) is 4.88 Å². The summed E-state index contributed by atoms with van der Waals surface area (Å²) in [6.45, 7) is 0. The highest BCUT2D eigenvalue weighted by molar-refractivity contribution is 7.11. The van der Waals surface area contributed by atoms with Crippen LogP contribution in [0.2, 0.25) is 0 Å². The average Bonchev–Trinajstić information content (AvgIpc) is 2.94. The summed E-state index contributed by atoms with van der Waals surface area (Å²) in [6.07, 6.45) is 1.44. The van der Waals surface area contributed by atoms with Crippen LogP contribution in [-0.4, -0.2) is 18.0 Å². The molecule has 2 rings (SSSR count). The van der Waals surface area contributed by atoms with Crippen molar-refractivity contribution in [2.75, 3.05) is 5.32 Å². The van der Waals surface area contributed by atoms with Crippen molar-refractivity contribution in [2.24, 2.45) is 5.10 Å². The Morgan fingerprint density at radius 1 is 1.15 bits per heavy atom. The molecule has 0 unspecified atom stereocenters. The van der Waals surface area contributed by atoms with E-state index in [4.69, 9.17) is 0 Å². The van der Waals surface area contributed by atoms with Crippen molar-refractivity contribution in [3.63, 3.8) is 0 Å². The molecule has 20 heavy (non-hydrogen) atoms. The van der Waals surface area contributed by atoms with Crippen LogP contribution < -0.4 is 10.7 Å². The maximum absolute atomic E-state index is 12.7. The maximum Gasteiger partial charge on any atom is 0.329 e. The Bertz CT molecular complexity index is 624. The van der Waals surface area contributed by atoms with Crippen LogP contribution in [0.25, 0.3) is 0 Å². The summed E-state index contributed by atoms with van der Waals surface area (Å²) >= 11 is 1.45. The number of nitrogens with zero attached hydrogens (tertiary/aromatic N) is 1. The molecule has 0 saturated carbocycles. The first-order chi connectivity index (χ1) is 9.65. The molecule has 1 heterocycles. The standard InChI is InChI=1S/C13H10FN3O2S/c14-9-3-5-10(6-4-9)16-12(18)13(19)17-15-8-11-2-1-7-20-11/h1-8H,(H,16,18)(H,17,19)/b15-8-. The lowest BCUT2D eigenvalue weighted by Crippen LogP contribution is -2.32. The second-order valence-corrected chi connectivity index (χ2v) is 4.65. The lowest BCUT2D eigenvalue weighted by Gasteiger charge is -2.03. The monoisotopic (exact) mass is 291 g/mol. The van der Waals surface area contributed by atoms with E-state index in [1.807, 2.05) is 17.5 Å². The van der Waals surface area contributed by atoms with E-state index in [9.17, 15) is 14.0 Å². The zero-order valence-corrected chi connectivity index (χ0v) is 11.0. The first-order valence-electron chi connectivity index (χ1n) is 5.58. The van der Waals surface area contributed by atoms with Crippen LogP contribution in [0.4, 0.5) is 10.1 Å². The molecule has 0 aliphatic carbocycles. The number of halogens is 1. The van der Waals surface area contributed by atoms with Gasteiger partial charge in [0.15, 0.2) is 0 Å². The molecule has 2 amide bonds. The Labute approximate surface area is 118 Å². The molecule has 0 bridgehead atoms. The van der Waals surface area contributed by atoms with Crippen LogP contribution >= 0.6 is 11.3 Å². The SMILES string of the molecule is O=C(N/N=C\c1cccs1)C(=O)Nc1ccc(F)cc1. The van der Waals surface area contributed by atoms with Gasteiger partial charge < -0.3 is 5.32 Å². The summed E-state index contributed by atoms with van der Waals surface area (Å²) in [5.74, 6) is -2.20. The molecule has 2 N–H and O–H groups in total. The first-order valence-corrected chi connectivity index (χ1v) is 6.46. The van der Waals surface area contributed by atoms with Crippen LogP contribution in [0.5, 0.6) is 0 Å². The number of thiophene rings is 1. The van der Waals surface area contributed by atoms with Crippen LogP contribution in [0.3, 0.4) is 0 Å². The van der Waals surface area contributed by atoms with E-state index in [0.717, 1.165) is 4.88 Å². The third kappa shape index (κ3) is 3.99. The van der Waals surface area contributed by atoms with Gasteiger partial charge in [0.25, 0.3) is 0 Å². The van der Waals surface area contributed by atoms with Crippen LogP contribution in [-0.2, 0) is 9.59 Å². The summed E-state index contributed by atoms with van der Waals surface area (Å²) in [4.78, 5) is 23.8. The highest BCUT2D eigenvalue weighted by Crippen LogP contribution is 2.07. The number of anilines is 1. The molecule has 5 nitrogen and oxygen atoms in total. The minimum Gasteiger partial charge on any atom is -0.318 e. The van der Waals surface area contributed by atoms with E-state index < -0.39 is 17.6 Å². The quantitative estimate of drug-likeness (QED) is 0.515. The molecule has 0 atom stereocenters. The fourth-order valence-corrected chi connectivity index (χ4v) is 1.88. The minimum absolute atomic E-state index is 0.328. The Morgan fingerprint density at radius 2 is 1.90 bits per heavy atom. The smallest absolute Gasteiger partial charge is 0.318 e. The Kier molecular flexibility index (Phi) is 4.56. The number of rotatable bonds is 3. The van der Waals surface area contributed by atoms with Crippen LogP contribution in [0.15, 0.2) is 46.9 Å². The molecular weight excluding hydrogens is 281 g/mol. The minimum atomic E-state index is -0.901. The van der Waals surface area contributed by atoms with E-state index in [-0.39, 0.29) is 0 Å². The van der Waals surface area contributed by atoms with Crippen molar-refractivity contribution < 1.29 is 14.0 Å². The number of hydrogen-bond donors (Lipinski definition) is 2. The van der Waals surface area contributed by atoms with Gasteiger partial charge in [-0.25, -0.2) is 9.82 Å². The van der Waals surface area contributed by atoms with Gasteiger partial charge in [0.2, 0.25) is 0 Å². The molecule has 2 aromatic rings. The van der Waals surface area contributed by atoms with Gasteiger partial charge in [-0.15, -0.1) is 11.3 Å². The van der Waals surface area contributed by atoms with Gasteiger partial charge in [0, 0.05) is 10.6 Å². The molecule has 0 aliphatic rings. The zero-order chi connectivity index (χ0) is 14.4. The zero-order valence-electron chi connectivity index (χ0n) is 10.2. The summed E-state index contributed by atoms with van der Waals surface area (Å²) in [5, 5.41) is 7.84. The van der Waals surface area contributed by atoms with Crippen LogP contribution in [0, 0.1) is 5.82 Å². The molecule has 0 fully saturated rings. The molecule has 1 aromatic heterocycles. The molecule has 7 heteroatoms. The van der Waals surface area contributed by atoms with Gasteiger partial charge in [0.1, 0.15) is 5.82 Å². The molecule has 1 aromatic carbocycles. The molecule has 0 spiro atoms. The van der Waals surface area contributed by atoms with E-state index in [0.29, 0.717) is 5.69 Å². The first kappa shape index (κ1) is 13.9. The average molecular weight is 291 g/mol. The van der Waals surface area contributed by atoms with Gasteiger partial charge in [-0.2, -0.15) is 5.10 Å². The Hall–Kier alpha value is -2.54. The number of carbonyl (C=O) groups excluding carboxylic acids is 2. The topological polar surface area (TPSA) is 70.6 Å². The van der Waals surface area contributed by atoms with Gasteiger partial charge >= 0.3 is 11.8 Å². The Morgan fingerprint density at radius 3 is 2.55 bits per heavy atom. The third-order valence-corrected chi connectivity index (χ3v) is 3.02. The molecule has 0 radical (unpaired) electrons. The van der Waals surface area contributed by atoms with Crippen molar-refractivity contribution >= 4 is 35.1 Å². The van der Waals surface area contributed by atoms with Crippen molar-refractivity contribution in [3.05, 3.63) is 52.5 Å². The van der Waals surface area contributed by atoms with Crippen molar-refractivity contribution in [1.29, 1.82) is 0 Å². The van der Waals surface area contributed by atoms with Gasteiger partial charge in [-0.3, -0.25) is 9.59 Å². The fraction of sp³-hybridized carbons (Fsp3) is 0.